The molecule has 0 aromatic carbocycles. The number of thiophene rings is 1. The van der Waals surface area contributed by atoms with E-state index in [9.17, 15) is 13.2 Å². The fourth-order valence-corrected chi connectivity index (χ4v) is 4.49. The molecule has 0 unspecified atom stereocenters. The van der Waals surface area contributed by atoms with E-state index in [0.717, 1.165) is 16.9 Å². The summed E-state index contributed by atoms with van der Waals surface area (Å²) in [6.07, 6.45) is 1.51. The Morgan fingerprint density at radius 1 is 1.38 bits per heavy atom. The quantitative estimate of drug-likeness (QED) is 0.872. The Kier molecular flexibility index (Phi) is 4.29. The van der Waals surface area contributed by atoms with Crippen molar-refractivity contribution in [2.45, 2.75) is 18.7 Å². The summed E-state index contributed by atoms with van der Waals surface area (Å²) in [4.78, 5) is 15.6. The molecular formula is C13H14N2O4S2. The van der Waals surface area contributed by atoms with Crippen LogP contribution in [0.15, 0.2) is 28.6 Å². The lowest BCUT2D eigenvalue weighted by atomic mass is 10.3. The maximum atomic E-state index is 12.5. The summed E-state index contributed by atoms with van der Waals surface area (Å²) in [5.74, 6) is -0.470. The molecule has 21 heavy (non-hydrogen) atoms. The van der Waals surface area contributed by atoms with Crippen LogP contribution in [0, 0.1) is 13.8 Å². The van der Waals surface area contributed by atoms with Gasteiger partial charge in [0, 0.05) is 6.20 Å². The zero-order valence-corrected chi connectivity index (χ0v) is 13.3. The van der Waals surface area contributed by atoms with Crippen molar-refractivity contribution in [3.63, 3.8) is 0 Å². The van der Waals surface area contributed by atoms with E-state index in [0.29, 0.717) is 5.56 Å². The van der Waals surface area contributed by atoms with Crippen molar-refractivity contribution in [1.29, 1.82) is 0 Å². The van der Waals surface area contributed by atoms with E-state index in [-0.39, 0.29) is 15.6 Å². The van der Waals surface area contributed by atoms with Crippen molar-refractivity contribution in [3.8, 4) is 0 Å². The molecule has 2 aromatic rings. The molecule has 0 aliphatic rings. The van der Waals surface area contributed by atoms with Crippen LogP contribution < -0.4 is 4.72 Å². The Hall–Kier alpha value is -1.93. The largest absolute Gasteiger partial charge is 0.465 e. The topological polar surface area (TPSA) is 85.4 Å². The molecule has 0 atom stereocenters. The SMILES string of the molecule is COC(=O)c1scc(C)c1S(=O)(=O)Nc1cc(C)ccn1. The van der Waals surface area contributed by atoms with E-state index in [1.54, 1.807) is 24.4 Å². The standard InChI is InChI=1S/C13H14N2O4S2/c1-8-4-5-14-10(6-8)15-21(17,18)12-9(2)7-20-11(12)13(16)19-3/h4-7H,1-3H3,(H,14,15). The van der Waals surface area contributed by atoms with Gasteiger partial charge in [0.25, 0.3) is 10.0 Å². The van der Waals surface area contributed by atoms with Gasteiger partial charge in [-0.25, -0.2) is 18.2 Å². The number of sulfonamides is 1. The number of ether oxygens (including phenoxy) is 1. The van der Waals surface area contributed by atoms with E-state index >= 15 is 0 Å². The average Bonchev–Trinajstić information content (AvgIpc) is 2.80. The van der Waals surface area contributed by atoms with Crippen molar-refractivity contribution < 1.29 is 17.9 Å². The van der Waals surface area contributed by atoms with Gasteiger partial charge in [0.2, 0.25) is 0 Å². The highest BCUT2D eigenvalue weighted by molar-refractivity contribution is 7.93. The fourth-order valence-electron chi connectivity index (χ4n) is 1.78. The number of nitrogens with zero attached hydrogens (tertiary/aromatic N) is 1. The molecular weight excluding hydrogens is 312 g/mol. The first-order valence-corrected chi connectivity index (χ1v) is 8.33. The minimum absolute atomic E-state index is 0.0511. The number of carbonyl (C=O) groups is 1. The third-order valence-electron chi connectivity index (χ3n) is 2.71. The first-order valence-electron chi connectivity index (χ1n) is 5.97. The minimum Gasteiger partial charge on any atom is -0.465 e. The number of nitrogens with one attached hydrogen (secondary N) is 1. The Balaban J connectivity index is 2.45. The maximum Gasteiger partial charge on any atom is 0.349 e. The lowest BCUT2D eigenvalue weighted by molar-refractivity contribution is 0.0602. The van der Waals surface area contributed by atoms with Crippen LogP contribution in [-0.2, 0) is 14.8 Å². The number of hydrogen-bond donors (Lipinski definition) is 1. The number of rotatable bonds is 4. The van der Waals surface area contributed by atoms with E-state index in [2.05, 4.69) is 14.4 Å². The first-order chi connectivity index (χ1) is 9.85. The number of pyridine rings is 1. The van der Waals surface area contributed by atoms with Crippen LogP contribution in [0.5, 0.6) is 0 Å². The molecule has 0 saturated carbocycles. The average molecular weight is 326 g/mol. The molecule has 0 bridgehead atoms. The maximum absolute atomic E-state index is 12.5. The number of aromatic nitrogens is 1. The second-order valence-electron chi connectivity index (χ2n) is 4.39. The highest BCUT2D eigenvalue weighted by Crippen LogP contribution is 2.29. The van der Waals surface area contributed by atoms with Crippen LogP contribution in [0.1, 0.15) is 20.8 Å². The van der Waals surface area contributed by atoms with E-state index in [1.807, 2.05) is 6.92 Å². The van der Waals surface area contributed by atoms with Gasteiger partial charge in [0.05, 0.1) is 7.11 Å². The number of hydrogen-bond acceptors (Lipinski definition) is 6. The number of esters is 1. The van der Waals surface area contributed by atoms with Gasteiger partial charge in [-0.1, -0.05) is 0 Å². The molecule has 2 heterocycles. The Morgan fingerprint density at radius 2 is 2.10 bits per heavy atom. The van der Waals surface area contributed by atoms with Crippen molar-refractivity contribution in [2.24, 2.45) is 0 Å². The molecule has 2 rings (SSSR count). The fraction of sp³-hybridized carbons (Fsp3) is 0.231. The smallest absolute Gasteiger partial charge is 0.349 e. The van der Waals surface area contributed by atoms with Crippen LogP contribution in [0.3, 0.4) is 0 Å². The van der Waals surface area contributed by atoms with Gasteiger partial charge in [-0.05, 0) is 42.5 Å². The lowest BCUT2D eigenvalue weighted by Gasteiger charge is -2.09. The highest BCUT2D eigenvalue weighted by Gasteiger charge is 2.27. The number of methoxy groups -OCH3 is 1. The molecule has 6 nitrogen and oxygen atoms in total. The number of aryl methyl sites for hydroxylation is 2. The van der Waals surface area contributed by atoms with Crippen molar-refractivity contribution in [1.82, 2.24) is 4.98 Å². The number of anilines is 1. The summed E-state index contributed by atoms with van der Waals surface area (Å²) < 4.78 is 32.0. The Morgan fingerprint density at radius 3 is 2.71 bits per heavy atom. The molecule has 0 radical (unpaired) electrons. The summed E-state index contributed by atoms with van der Waals surface area (Å²) in [7, 11) is -2.69. The summed E-state index contributed by atoms with van der Waals surface area (Å²) in [5, 5.41) is 1.60. The highest BCUT2D eigenvalue weighted by atomic mass is 32.2. The zero-order valence-electron chi connectivity index (χ0n) is 11.7. The van der Waals surface area contributed by atoms with Gasteiger partial charge < -0.3 is 4.74 Å². The predicted octanol–water partition coefficient (Wildman–Crippen LogP) is 2.35. The molecule has 0 spiro atoms. The second kappa shape index (κ2) is 5.82. The van der Waals surface area contributed by atoms with Gasteiger partial charge in [-0.2, -0.15) is 0 Å². The van der Waals surface area contributed by atoms with Gasteiger partial charge in [-0.15, -0.1) is 11.3 Å². The molecule has 0 fully saturated rings. The van der Waals surface area contributed by atoms with Crippen LogP contribution in [0.2, 0.25) is 0 Å². The zero-order chi connectivity index (χ0) is 15.6. The first kappa shape index (κ1) is 15.5. The van der Waals surface area contributed by atoms with Crippen LogP contribution in [0.4, 0.5) is 5.82 Å². The molecule has 0 amide bonds. The van der Waals surface area contributed by atoms with Crippen molar-refractivity contribution in [3.05, 3.63) is 39.7 Å². The van der Waals surface area contributed by atoms with Crippen LogP contribution in [0.25, 0.3) is 0 Å². The Bertz CT molecular complexity index is 781. The van der Waals surface area contributed by atoms with Crippen molar-refractivity contribution >= 4 is 33.1 Å². The van der Waals surface area contributed by atoms with Crippen molar-refractivity contribution in [2.75, 3.05) is 11.8 Å². The van der Waals surface area contributed by atoms with E-state index < -0.39 is 16.0 Å². The van der Waals surface area contributed by atoms with E-state index in [4.69, 9.17) is 0 Å². The van der Waals surface area contributed by atoms with Gasteiger partial charge >= 0.3 is 5.97 Å². The summed E-state index contributed by atoms with van der Waals surface area (Å²) in [6.45, 7) is 3.45. The summed E-state index contributed by atoms with van der Waals surface area (Å²) >= 11 is 1.04. The van der Waals surface area contributed by atoms with Gasteiger partial charge in [-0.3, -0.25) is 4.72 Å². The normalized spacial score (nSPS) is 11.2. The molecule has 0 aliphatic heterocycles. The molecule has 0 aliphatic carbocycles. The predicted molar refractivity (Wildman–Crippen MR) is 80.2 cm³/mol. The summed E-state index contributed by atoms with van der Waals surface area (Å²) in [6, 6.07) is 3.37. The van der Waals surface area contributed by atoms with Crippen LogP contribution >= 0.6 is 11.3 Å². The molecule has 8 heteroatoms. The van der Waals surface area contributed by atoms with Gasteiger partial charge in [0.1, 0.15) is 15.6 Å². The van der Waals surface area contributed by atoms with E-state index in [1.165, 1.54) is 13.3 Å². The molecule has 1 N–H and O–H groups in total. The minimum atomic E-state index is -3.91. The Labute approximate surface area is 126 Å². The van der Waals surface area contributed by atoms with Gasteiger partial charge in [0.15, 0.2) is 0 Å². The molecule has 2 aromatic heterocycles. The lowest BCUT2D eigenvalue weighted by Crippen LogP contribution is -2.17. The second-order valence-corrected chi connectivity index (χ2v) is 6.89. The molecule has 0 saturated heterocycles. The van der Waals surface area contributed by atoms with Crippen LogP contribution in [-0.4, -0.2) is 26.5 Å². The summed E-state index contributed by atoms with van der Waals surface area (Å²) in [5.41, 5.74) is 1.36. The monoisotopic (exact) mass is 326 g/mol. The number of carbonyl (C=O) groups excluding carboxylic acids is 1. The molecule has 112 valence electrons. The third-order valence-corrected chi connectivity index (χ3v) is 5.46. The third kappa shape index (κ3) is 3.22.